The number of anilines is 2. The van der Waals surface area contributed by atoms with Gasteiger partial charge in [0.1, 0.15) is 18.0 Å². The lowest BCUT2D eigenvalue weighted by molar-refractivity contribution is 0.242. The molecule has 1 aliphatic heterocycles. The smallest absolute Gasteiger partial charge is 0.204 e. The normalized spacial score (nSPS) is 14.1. The summed E-state index contributed by atoms with van der Waals surface area (Å²) in [6.07, 6.45) is 5.50. The summed E-state index contributed by atoms with van der Waals surface area (Å²) < 4.78 is 22.2. The Kier molecular flexibility index (Phi) is 11.1. The maximum Gasteiger partial charge on any atom is 0.204 e. The summed E-state index contributed by atoms with van der Waals surface area (Å²) in [5.74, 6) is 2.91. The number of halogens is 1. The highest BCUT2D eigenvalue weighted by Gasteiger charge is 2.28. The Labute approximate surface area is 233 Å². The molecule has 0 amide bonds. The quantitative estimate of drug-likeness (QED) is 0.343. The minimum Gasteiger partial charge on any atom is -0.484 e. The van der Waals surface area contributed by atoms with Gasteiger partial charge >= 0.3 is 0 Å². The molecule has 2 aromatic heterocycles. The van der Waals surface area contributed by atoms with Crippen molar-refractivity contribution in [1.82, 2.24) is 24.4 Å². The lowest BCUT2D eigenvalue weighted by atomic mass is 9.95. The Morgan fingerprint density at radius 1 is 1.13 bits per heavy atom. The zero-order valence-corrected chi connectivity index (χ0v) is 24.7. The number of hydrogen-bond donors (Lipinski definition) is 1. The highest BCUT2D eigenvalue weighted by Crippen LogP contribution is 2.36. The van der Waals surface area contributed by atoms with Gasteiger partial charge in [-0.25, -0.2) is 19.3 Å². The van der Waals surface area contributed by atoms with E-state index in [0.29, 0.717) is 23.0 Å². The van der Waals surface area contributed by atoms with Crippen molar-refractivity contribution in [1.29, 1.82) is 0 Å². The molecule has 214 valence electrons. The maximum atomic E-state index is 13.9. The molecule has 4 rings (SSSR count). The third kappa shape index (κ3) is 7.47. The van der Waals surface area contributed by atoms with Crippen molar-refractivity contribution < 1.29 is 9.13 Å². The van der Waals surface area contributed by atoms with Crippen LogP contribution < -0.4 is 15.4 Å². The first-order chi connectivity index (χ1) is 18.8. The minimum absolute atomic E-state index is 0.0172. The van der Waals surface area contributed by atoms with Crippen molar-refractivity contribution in [3.63, 3.8) is 0 Å². The van der Waals surface area contributed by atoms with E-state index >= 15 is 0 Å². The SMILES string of the molecule is CC.CCN(CC)CCn1cc(-c2ccc(F)c(C)c2)nc1C1CCN(c2ncnc(N)c2OC(C)C)CC1. The maximum absolute atomic E-state index is 13.9. The summed E-state index contributed by atoms with van der Waals surface area (Å²) in [6.45, 7) is 19.7. The average Bonchev–Trinajstić information content (AvgIpc) is 3.37. The molecule has 1 aliphatic rings. The van der Waals surface area contributed by atoms with Gasteiger partial charge in [0.15, 0.2) is 11.6 Å². The summed E-state index contributed by atoms with van der Waals surface area (Å²) in [5, 5.41) is 0. The number of imidazole rings is 1. The number of nitrogens with two attached hydrogens (primary N) is 1. The van der Waals surface area contributed by atoms with Crippen molar-refractivity contribution in [2.24, 2.45) is 0 Å². The molecule has 1 aromatic carbocycles. The van der Waals surface area contributed by atoms with Gasteiger partial charge in [0.25, 0.3) is 0 Å². The molecule has 9 heteroatoms. The second-order valence-electron chi connectivity index (χ2n) is 10.0. The second-order valence-corrected chi connectivity index (χ2v) is 10.0. The first kappa shape index (κ1) is 30.3. The number of aromatic nitrogens is 4. The van der Waals surface area contributed by atoms with Crippen LogP contribution >= 0.6 is 0 Å². The molecule has 1 fully saturated rings. The van der Waals surface area contributed by atoms with Crippen LogP contribution in [0, 0.1) is 12.7 Å². The Morgan fingerprint density at radius 2 is 1.82 bits per heavy atom. The van der Waals surface area contributed by atoms with Gasteiger partial charge in [0, 0.05) is 43.9 Å². The van der Waals surface area contributed by atoms with Crippen LogP contribution in [0.3, 0.4) is 0 Å². The van der Waals surface area contributed by atoms with Crippen LogP contribution in [0.25, 0.3) is 11.3 Å². The molecular weight excluding hydrogens is 493 g/mol. The topological polar surface area (TPSA) is 85.3 Å². The average molecular weight is 540 g/mol. The van der Waals surface area contributed by atoms with Crippen molar-refractivity contribution >= 4 is 11.6 Å². The molecule has 1 saturated heterocycles. The number of nitrogen functional groups attached to an aromatic ring is 1. The summed E-state index contributed by atoms with van der Waals surface area (Å²) in [6, 6.07) is 5.23. The number of piperidine rings is 1. The summed E-state index contributed by atoms with van der Waals surface area (Å²) in [5.41, 5.74) is 8.61. The number of benzene rings is 1. The van der Waals surface area contributed by atoms with E-state index in [1.165, 1.54) is 12.4 Å². The lowest BCUT2D eigenvalue weighted by Crippen LogP contribution is -2.35. The number of aryl methyl sites for hydroxylation is 1. The first-order valence-corrected chi connectivity index (χ1v) is 14.4. The van der Waals surface area contributed by atoms with E-state index in [1.807, 2.05) is 39.8 Å². The van der Waals surface area contributed by atoms with Gasteiger partial charge in [-0.3, -0.25) is 0 Å². The Hall–Kier alpha value is -3.20. The van der Waals surface area contributed by atoms with E-state index in [2.05, 4.69) is 44.4 Å². The van der Waals surface area contributed by atoms with Crippen LogP contribution in [-0.4, -0.2) is 63.2 Å². The molecular formula is C30H46FN7O. The third-order valence-electron chi connectivity index (χ3n) is 7.14. The highest BCUT2D eigenvalue weighted by atomic mass is 19.1. The number of likely N-dealkylation sites (N-methyl/N-ethyl adjacent to an activating group) is 1. The van der Waals surface area contributed by atoms with Crippen molar-refractivity contribution in [3.05, 3.63) is 47.9 Å². The fraction of sp³-hybridized carbons (Fsp3) is 0.567. The van der Waals surface area contributed by atoms with E-state index in [-0.39, 0.29) is 11.9 Å². The molecule has 0 aliphatic carbocycles. The minimum atomic E-state index is -0.191. The number of nitrogens with zero attached hydrogens (tertiary/aromatic N) is 6. The van der Waals surface area contributed by atoms with Gasteiger partial charge < -0.3 is 24.8 Å². The molecule has 0 spiro atoms. The Morgan fingerprint density at radius 3 is 2.44 bits per heavy atom. The van der Waals surface area contributed by atoms with E-state index in [4.69, 9.17) is 15.5 Å². The Bertz CT molecular complexity index is 1180. The van der Waals surface area contributed by atoms with Crippen molar-refractivity contribution in [2.75, 3.05) is 43.4 Å². The van der Waals surface area contributed by atoms with E-state index in [9.17, 15) is 4.39 Å². The predicted molar refractivity (Wildman–Crippen MR) is 158 cm³/mol. The van der Waals surface area contributed by atoms with Crippen LogP contribution in [0.2, 0.25) is 0 Å². The molecule has 2 N–H and O–H groups in total. The van der Waals surface area contributed by atoms with Crippen LogP contribution in [0.4, 0.5) is 16.0 Å². The number of hydrogen-bond acceptors (Lipinski definition) is 7. The van der Waals surface area contributed by atoms with Crippen LogP contribution in [0.5, 0.6) is 5.75 Å². The number of rotatable bonds is 10. The van der Waals surface area contributed by atoms with Crippen LogP contribution in [-0.2, 0) is 6.54 Å². The molecule has 0 radical (unpaired) electrons. The second kappa shape index (κ2) is 14.3. The molecule has 3 aromatic rings. The fourth-order valence-corrected chi connectivity index (χ4v) is 4.97. The van der Waals surface area contributed by atoms with Crippen LogP contribution in [0.15, 0.2) is 30.7 Å². The zero-order valence-electron chi connectivity index (χ0n) is 24.7. The van der Waals surface area contributed by atoms with E-state index in [0.717, 1.165) is 75.0 Å². The molecule has 8 nitrogen and oxygen atoms in total. The monoisotopic (exact) mass is 539 g/mol. The van der Waals surface area contributed by atoms with Gasteiger partial charge in [-0.2, -0.15) is 0 Å². The van der Waals surface area contributed by atoms with Gasteiger partial charge in [-0.1, -0.05) is 27.7 Å². The molecule has 0 saturated carbocycles. The molecule has 0 atom stereocenters. The van der Waals surface area contributed by atoms with Crippen molar-refractivity contribution in [2.45, 2.75) is 79.9 Å². The predicted octanol–water partition coefficient (Wildman–Crippen LogP) is 5.91. The highest BCUT2D eigenvalue weighted by molar-refractivity contribution is 5.63. The first-order valence-electron chi connectivity index (χ1n) is 14.4. The standard InChI is InChI=1S/C28H40FN7O.C2H6/c1-6-34(7-2)14-15-36-17-24(22-8-9-23(29)20(5)16-22)33-27(36)21-10-12-35(13-11-21)28-25(37-19(3)4)26(30)31-18-32-28;1-2/h8-9,16-19,21H,6-7,10-15H2,1-5H3,(H2,30,31,32);1-2H3. The Balaban J connectivity index is 0.00000205. The third-order valence-corrected chi connectivity index (χ3v) is 7.14. The number of ether oxygens (including phenoxy) is 1. The van der Waals surface area contributed by atoms with Gasteiger partial charge in [-0.05, 0) is 70.5 Å². The largest absolute Gasteiger partial charge is 0.484 e. The fourth-order valence-electron chi connectivity index (χ4n) is 4.97. The zero-order chi connectivity index (χ0) is 28.5. The van der Waals surface area contributed by atoms with Gasteiger partial charge in [-0.15, -0.1) is 0 Å². The van der Waals surface area contributed by atoms with Crippen LogP contribution in [0.1, 0.15) is 71.7 Å². The van der Waals surface area contributed by atoms with Gasteiger partial charge in [0.2, 0.25) is 5.75 Å². The summed E-state index contributed by atoms with van der Waals surface area (Å²) in [4.78, 5) is 18.4. The molecule has 0 unspecified atom stereocenters. The lowest BCUT2D eigenvalue weighted by Gasteiger charge is -2.33. The molecule has 3 heterocycles. The van der Waals surface area contributed by atoms with Gasteiger partial charge in [0.05, 0.1) is 11.8 Å². The molecule has 0 bridgehead atoms. The van der Waals surface area contributed by atoms with E-state index in [1.54, 1.807) is 6.92 Å². The van der Waals surface area contributed by atoms with E-state index < -0.39 is 0 Å². The molecule has 39 heavy (non-hydrogen) atoms. The summed E-state index contributed by atoms with van der Waals surface area (Å²) >= 11 is 0. The summed E-state index contributed by atoms with van der Waals surface area (Å²) in [7, 11) is 0. The van der Waals surface area contributed by atoms with Crippen molar-refractivity contribution in [3.8, 4) is 17.0 Å².